The normalized spacial score (nSPS) is 22.6. The first-order valence-corrected chi connectivity index (χ1v) is 7.04. The van der Waals surface area contributed by atoms with Crippen molar-refractivity contribution in [3.8, 4) is 6.07 Å². The van der Waals surface area contributed by atoms with Gasteiger partial charge in [0.25, 0.3) is 0 Å². The number of nitriles is 1. The third-order valence-corrected chi connectivity index (χ3v) is 3.55. The van der Waals surface area contributed by atoms with Crippen LogP contribution in [0.3, 0.4) is 0 Å². The highest BCUT2D eigenvalue weighted by atomic mass is 15.1. The van der Waals surface area contributed by atoms with E-state index in [9.17, 15) is 0 Å². The Hall–Kier alpha value is -0.630. The van der Waals surface area contributed by atoms with Gasteiger partial charge in [0.05, 0.1) is 12.1 Å². The Kier molecular flexibility index (Phi) is 6.62. The first-order valence-electron chi connectivity index (χ1n) is 7.04. The van der Waals surface area contributed by atoms with Gasteiger partial charge >= 0.3 is 0 Å². The minimum Gasteiger partial charge on any atom is -0.306 e. The van der Waals surface area contributed by atoms with E-state index < -0.39 is 0 Å². The SMILES string of the molecule is CC(C)NC(C#N)CCN(C)CC1CCN(C)C1. The highest BCUT2D eigenvalue weighted by Crippen LogP contribution is 2.15. The molecule has 18 heavy (non-hydrogen) atoms. The fourth-order valence-corrected chi connectivity index (χ4v) is 2.64. The molecule has 1 rings (SSSR count). The summed E-state index contributed by atoms with van der Waals surface area (Å²) in [5.74, 6) is 0.804. The molecule has 1 saturated heterocycles. The fraction of sp³-hybridized carbons (Fsp3) is 0.929. The molecule has 0 aromatic carbocycles. The smallest absolute Gasteiger partial charge is 0.0967 e. The molecule has 0 aliphatic carbocycles. The summed E-state index contributed by atoms with van der Waals surface area (Å²) in [5, 5.41) is 12.4. The van der Waals surface area contributed by atoms with E-state index in [1.54, 1.807) is 0 Å². The minimum atomic E-state index is -0.0151. The van der Waals surface area contributed by atoms with E-state index in [-0.39, 0.29) is 6.04 Å². The topological polar surface area (TPSA) is 42.3 Å². The van der Waals surface area contributed by atoms with Gasteiger partial charge in [0.2, 0.25) is 0 Å². The zero-order chi connectivity index (χ0) is 13.5. The molecule has 104 valence electrons. The monoisotopic (exact) mass is 252 g/mol. The third kappa shape index (κ3) is 5.81. The predicted molar refractivity (Wildman–Crippen MR) is 75.4 cm³/mol. The van der Waals surface area contributed by atoms with Crippen LogP contribution in [0.4, 0.5) is 0 Å². The van der Waals surface area contributed by atoms with Gasteiger partial charge in [-0.2, -0.15) is 5.26 Å². The van der Waals surface area contributed by atoms with E-state index in [0.717, 1.165) is 25.4 Å². The Morgan fingerprint density at radius 3 is 2.72 bits per heavy atom. The van der Waals surface area contributed by atoms with Gasteiger partial charge in [-0.3, -0.25) is 5.32 Å². The molecule has 4 nitrogen and oxygen atoms in total. The lowest BCUT2D eigenvalue weighted by Crippen LogP contribution is -2.37. The summed E-state index contributed by atoms with van der Waals surface area (Å²) in [5.41, 5.74) is 0. The summed E-state index contributed by atoms with van der Waals surface area (Å²) in [4.78, 5) is 4.77. The van der Waals surface area contributed by atoms with Crippen LogP contribution < -0.4 is 5.32 Å². The van der Waals surface area contributed by atoms with Crippen LogP contribution in [0.2, 0.25) is 0 Å². The Morgan fingerprint density at radius 1 is 1.50 bits per heavy atom. The standard InChI is InChI=1S/C14H28N4/c1-12(2)16-14(9-15)6-8-18(4)11-13-5-7-17(3)10-13/h12-14,16H,5-8,10-11H2,1-4H3. The Morgan fingerprint density at radius 2 is 2.22 bits per heavy atom. The average molecular weight is 252 g/mol. The van der Waals surface area contributed by atoms with Gasteiger partial charge in [-0.1, -0.05) is 0 Å². The third-order valence-electron chi connectivity index (χ3n) is 3.55. The summed E-state index contributed by atoms with van der Waals surface area (Å²) in [7, 11) is 4.36. The second-order valence-electron chi connectivity index (χ2n) is 5.97. The van der Waals surface area contributed by atoms with Crippen LogP contribution in [-0.4, -0.2) is 62.2 Å². The molecule has 0 amide bonds. The van der Waals surface area contributed by atoms with Crippen LogP contribution in [0.25, 0.3) is 0 Å². The molecule has 0 aromatic heterocycles. The van der Waals surface area contributed by atoms with Gasteiger partial charge in [-0.05, 0) is 53.2 Å². The molecule has 0 radical (unpaired) electrons. The molecule has 1 aliphatic heterocycles. The number of hydrogen-bond donors (Lipinski definition) is 1. The first kappa shape index (κ1) is 15.4. The number of hydrogen-bond acceptors (Lipinski definition) is 4. The fourth-order valence-electron chi connectivity index (χ4n) is 2.64. The zero-order valence-corrected chi connectivity index (χ0v) is 12.3. The van der Waals surface area contributed by atoms with Crippen molar-refractivity contribution in [1.29, 1.82) is 5.26 Å². The molecule has 0 saturated carbocycles. The van der Waals surface area contributed by atoms with Crippen molar-refractivity contribution < 1.29 is 0 Å². The summed E-state index contributed by atoms with van der Waals surface area (Å²) < 4.78 is 0. The van der Waals surface area contributed by atoms with Crippen molar-refractivity contribution in [3.05, 3.63) is 0 Å². The van der Waals surface area contributed by atoms with Gasteiger partial charge in [0.15, 0.2) is 0 Å². The molecule has 1 N–H and O–H groups in total. The van der Waals surface area contributed by atoms with Gasteiger partial charge in [-0.25, -0.2) is 0 Å². The molecule has 1 fully saturated rings. The average Bonchev–Trinajstić information content (AvgIpc) is 2.69. The largest absolute Gasteiger partial charge is 0.306 e. The molecule has 1 aliphatic rings. The summed E-state index contributed by atoms with van der Waals surface area (Å²) in [6, 6.07) is 2.71. The van der Waals surface area contributed by atoms with Crippen molar-refractivity contribution in [2.24, 2.45) is 5.92 Å². The van der Waals surface area contributed by atoms with E-state index >= 15 is 0 Å². The lowest BCUT2D eigenvalue weighted by atomic mass is 10.1. The van der Waals surface area contributed by atoms with Crippen molar-refractivity contribution in [3.63, 3.8) is 0 Å². The van der Waals surface area contributed by atoms with E-state index in [1.807, 2.05) is 0 Å². The van der Waals surface area contributed by atoms with E-state index in [1.165, 1.54) is 19.5 Å². The second-order valence-corrected chi connectivity index (χ2v) is 5.97. The van der Waals surface area contributed by atoms with E-state index in [2.05, 4.69) is 49.1 Å². The lowest BCUT2D eigenvalue weighted by molar-refractivity contribution is 0.263. The van der Waals surface area contributed by atoms with E-state index in [4.69, 9.17) is 5.26 Å². The number of likely N-dealkylation sites (tertiary alicyclic amines) is 1. The van der Waals surface area contributed by atoms with Crippen LogP contribution in [0.15, 0.2) is 0 Å². The Balaban J connectivity index is 2.19. The molecule has 2 unspecified atom stereocenters. The summed E-state index contributed by atoms with van der Waals surface area (Å²) in [6.45, 7) is 8.78. The van der Waals surface area contributed by atoms with Gasteiger partial charge < -0.3 is 9.80 Å². The second kappa shape index (κ2) is 7.73. The first-order chi connectivity index (χ1) is 8.51. The maximum Gasteiger partial charge on any atom is 0.0967 e. The molecular formula is C14H28N4. The van der Waals surface area contributed by atoms with Crippen molar-refractivity contribution in [2.45, 2.75) is 38.8 Å². The predicted octanol–water partition coefficient (Wildman–Crippen LogP) is 1.15. The van der Waals surface area contributed by atoms with Crippen LogP contribution in [0.5, 0.6) is 0 Å². The van der Waals surface area contributed by atoms with Crippen LogP contribution >= 0.6 is 0 Å². The summed E-state index contributed by atoms with van der Waals surface area (Å²) >= 11 is 0. The number of nitrogens with zero attached hydrogens (tertiary/aromatic N) is 3. The molecule has 4 heteroatoms. The molecule has 2 atom stereocenters. The van der Waals surface area contributed by atoms with Gasteiger partial charge in [0, 0.05) is 25.7 Å². The molecule has 1 heterocycles. The molecule has 0 spiro atoms. The van der Waals surface area contributed by atoms with E-state index in [0.29, 0.717) is 6.04 Å². The lowest BCUT2D eigenvalue weighted by Gasteiger charge is -2.22. The molecule has 0 aromatic rings. The Labute approximate surface area is 112 Å². The van der Waals surface area contributed by atoms with Crippen molar-refractivity contribution in [1.82, 2.24) is 15.1 Å². The van der Waals surface area contributed by atoms with Gasteiger partial charge in [-0.15, -0.1) is 0 Å². The maximum atomic E-state index is 9.07. The quantitative estimate of drug-likeness (QED) is 0.738. The number of rotatable bonds is 7. The Bertz CT molecular complexity index is 271. The highest BCUT2D eigenvalue weighted by molar-refractivity contribution is 4.91. The van der Waals surface area contributed by atoms with Gasteiger partial charge in [0.1, 0.15) is 0 Å². The maximum absolute atomic E-state index is 9.07. The summed E-state index contributed by atoms with van der Waals surface area (Å²) in [6.07, 6.45) is 2.22. The van der Waals surface area contributed by atoms with Crippen molar-refractivity contribution in [2.75, 3.05) is 40.3 Å². The molecule has 0 bridgehead atoms. The minimum absolute atomic E-state index is 0.0151. The van der Waals surface area contributed by atoms with Crippen LogP contribution in [0.1, 0.15) is 26.7 Å². The number of nitrogens with one attached hydrogen (secondary N) is 1. The van der Waals surface area contributed by atoms with Crippen molar-refractivity contribution >= 4 is 0 Å². The zero-order valence-electron chi connectivity index (χ0n) is 12.3. The van der Waals surface area contributed by atoms with Crippen LogP contribution in [0, 0.1) is 17.2 Å². The van der Waals surface area contributed by atoms with Crippen LogP contribution in [-0.2, 0) is 0 Å². The highest BCUT2D eigenvalue weighted by Gasteiger charge is 2.20. The molecular weight excluding hydrogens is 224 g/mol.